The lowest BCUT2D eigenvalue weighted by Gasteiger charge is -2.16. The highest BCUT2D eigenvalue weighted by Gasteiger charge is 2.34. The van der Waals surface area contributed by atoms with E-state index >= 15 is 0 Å². The molecule has 1 unspecified atom stereocenters. The largest absolute Gasteiger partial charge is 0.480 e. The summed E-state index contributed by atoms with van der Waals surface area (Å²) in [7, 11) is 0. The molecule has 1 saturated heterocycles. The molecule has 0 saturated carbocycles. The van der Waals surface area contributed by atoms with E-state index < -0.39 is 12.0 Å². The highest BCUT2D eigenvalue weighted by Crippen LogP contribution is 2.29. The summed E-state index contributed by atoms with van der Waals surface area (Å²) in [6.07, 6.45) is 6.34. The molecular formula is C18H17N3O3S2. The molecule has 0 aromatic heterocycles. The second-order valence-electron chi connectivity index (χ2n) is 6.51. The molecule has 1 fully saturated rings. The normalized spacial score (nSPS) is 23.8. The summed E-state index contributed by atoms with van der Waals surface area (Å²) in [4.78, 5) is 23.9. The predicted octanol–water partition coefficient (Wildman–Crippen LogP) is 2.42. The third kappa shape index (κ3) is 3.26. The Bertz CT molecular complexity index is 878. The van der Waals surface area contributed by atoms with Crippen molar-refractivity contribution in [1.82, 2.24) is 10.3 Å². The molecule has 8 heteroatoms. The SMILES string of the molecule is O=C1NC(=S)S/C1=C\N1N=C(c2ccc3c(c2)CCCC3)CC1C(=O)O. The van der Waals surface area contributed by atoms with Crippen LogP contribution in [0.4, 0.5) is 0 Å². The maximum atomic E-state index is 11.9. The van der Waals surface area contributed by atoms with Crippen LogP contribution in [0.25, 0.3) is 0 Å². The van der Waals surface area contributed by atoms with Crippen molar-refractivity contribution >= 4 is 45.9 Å². The number of thioether (sulfide) groups is 1. The molecule has 6 nitrogen and oxygen atoms in total. The van der Waals surface area contributed by atoms with E-state index in [1.54, 1.807) is 0 Å². The lowest BCUT2D eigenvalue weighted by atomic mass is 9.89. The summed E-state index contributed by atoms with van der Waals surface area (Å²) in [6, 6.07) is 5.46. The van der Waals surface area contributed by atoms with Crippen LogP contribution < -0.4 is 5.32 Å². The van der Waals surface area contributed by atoms with Gasteiger partial charge in [0.1, 0.15) is 4.32 Å². The lowest BCUT2D eigenvalue weighted by Crippen LogP contribution is -2.31. The van der Waals surface area contributed by atoms with Crippen molar-refractivity contribution in [3.05, 3.63) is 46.0 Å². The first-order chi connectivity index (χ1) is 12.5. The molecular weight excluding hydrogens is 370 g/mol. The van der Waals surface area contributed by atoms with Crippen LogP contribution in [0.1, 0.15) is 36.0 Å². The zero-order valence-electron chi connectivity index (χ0n) is 13.9. The van der Waals surface area contributed by atoms with E-state index in [9.17, 15) is 14.7 Å². The number of nitrogens with one attached hydrogen (secondary N) is 1. The number of carboxylic acid groups (broad SMARTS) is 1. The Hall–Kier alpha value is -2.19. The summed E-state index contributed by atoms with van der Waals surface area (Å²) in [5.74, 6) is -1.29. The molecule has 2 N–H and O–H groups in total. The number of fused-ring (bicyclic) bond motifs is 1. The van der Waals surface area contributed by atoms with E-state index in [1.807, 2.05) is 6.07 Å². The number of thiocarbonyl (C=S) groups is 1. The highest BCUT2D eigenvalue weighted by atomic mass is 32.2. The topological polar surface area (TPSA) is 82.0 Å². The van der Waals surface area contributed by atoms with E-state index in [0.29, 0.717) is 15.6 Å². The van der Waals surface area contributed by atoms with Gasteiger partial charge < -0.3 is 10.4 Å². The summed E-state index contributed by atoms with van der Waals surface area (Å²) in [5, 5.41) is 17.9. The Labute approximate surface area is 160 Å². The van der Waals surface area contributed by atoms with Gasteiger partial charge in [0.05, 0.1) is 10.6 Å². The molecule has 1 atom stereocenters. The van der Waals surface area contributed by atoms with E-state index in [0.717, 1.165) is 35.9 Å². The number of carbonyl (C=O) groups is 2. The molecule has 0 radical (unpaired) electrons. The van der Waals surface area contributed by atoms with Gasteiger partial charge >= 0.3 is 5.97 Å². The molecule has 0 spiro atoms. The summed E-state index contributed by atoms with van der Waals surface area (Å²) >= 11 is 6.09. The number of carbonyl (C=O) groups excluding carboxylic acids is 1. The Balaban J connectivity index is 1.65. The molecule has 2 heterocycles. The minimum absolute atomic E-state index is 0.300. The van der Waals surface area contributed by atoms with Crippen LogP contribution in [0, 0.1) is 0 Å². The fraction of sp³-hybridized carbons (Fsp3) is 0.333. The lowest BCUT2D eigenvalue weighted by molar-refractivity contribution is -0.141. The zero-order chi connectivity index (χ0) is 18.3. The average molecular weight is 387 g/mol. The van der Waals surface area contributed by atoms with Crippen LogP contribution in [0.2, 0.25) is 0 Å². The second kappa shape index (κ2) is 6.85. The molecule has 26 heavy (non-hydrogen) atoms. The van der Waals surface area contributed by atoms with Crippen LogP contribution >= 0.6 is 24.0 Å². The number of rotatable bonds is 3. The fourth-order valence-electron chi connectivity index (χ4n) is 3.47. The first-order valence-corrected chi connectivity index (χ1v) is 9.69. The predicted molar refractivity (Wildman–Crippen MR) is 104 cm³/mol. The molecule has 3 aliphatic rings. The molecule has 1 aromatic carbocycles. The average Bonchev–Trinajstić information content (AvgIpc) is 3.18. The van der Waals surface area contributed by atoms with Gasteiger partial charge in [0.2, 0.25) is 0 Å². The van der Waals surface area contributed by atoms with Gasteiger partial charge in [0, 0.05) is 12.6 Å². The zero-order valence-corrected chi connectivity index (χ0v) is 15.5. The number of aryl methyl sites for hydroxylation is 2. The molecule has 1 aliphatic carbocycles. The van der Waals surface area contributed by atoms with Crippen LogP contribution in [0.15, 0.2) is 34.4 Å². The van der Waals surface area contributed by atoms with Crippen molar-refractivity contribution in [2.45, 2.75) is 38.1 Å². The van der Waals surface area contributed by atoms with Gasteiger partial charge in [-0.3, -0.25) is 9.80 Å². The number of amides is 1. The van der Waals surface area contributed by atoms with E-state index in [2.05, 4.69) is 22.6 Å². The van der Waals surface area contributed by atoms with Gasteiger partial charge in [-0.05, 0) is 48.4 Å². The Kier molecular flexibility index (Phi) is 4.54. The first kappa shape index (κ1) is 17.2. The van der Waals surface area contributed by atoms with Gasteiger partial charge in [-0.2, -0.15) is 5.10 Å². The number of hydrazone groups is 1. The summed E-state index contributed by atoms with van der Waals surface area (Å²) < 4.78 is 0.367. The number of aliphatic carboxylic acids is 1. The molecule has 0 bridgehead atoms. The highest BCUT2D eigenvalue weighted by molar-refractivity contribution is 8.26. The van der Waals surface area contributed by atoms with Crippen molar-refractivity contribution in [3.63, 3.8) is 0 Å². The van der Waals surface area contributed by atoms with Crippen molar-refractivity contribution in [2.75, 3.05) is 0 Å². The standard InChI is InChI=1S/C18H17N3O3S2/c22-16-15(26-18(25)19-16)9-21-14(17(23)24)8-13(20-21)12-6-5-10-3-1-2-4-11(10)7-12/h5-7,9,14H,1-4,8H2,(H,23,24)(H,19,22,25)/b15-9-. The minimum Gasteiger partial charge on any atom is -0.480 e. The fourth-order valence-corrected chi connectivity index (χ4v) is 4.48. The van der Waals surface area contributed by atoms with Gasteiger partial charge in [0.15, 0.2) is 6.04 Å². The number of carboxylic acids is 1. The second-order valence-corrected chi connectivity index (χ2v) is 8.23. The van der Waals surface area contributed by atoms with Gasteiger partial charge in [-0.15, -0.1) is 0 Å². The van der Waals surface area contributed by atoms with E-state index in [4.69, 9.17) is 12.2 Å². The van der Waals surface area contributed by atoms with Crippen molar-refractivity contribution < 1.29 is 14.7 Å². The van der Waals surface area contributed by atoms with Gasteiger partial charge in [-0.25, -0.2) is 4.79 Å². The monoisotopic (exact) mass is 387 g/mol. The molecule has 1 amide bonds. The van der Waals surface area contributed by atoms with Crippen LogP contribution in [-0.2, 0) is 22.4 Å². The number of hydrogen-bond donors (Lipinski definition) is 2. The van der Waals surface area contributed by atoms with Gasteiger partial charge in [-0.1, -0.05) is 36.1 Å². The Morgan fingerprint density at radius 3 is 2.81 bits per heavy atom. The quantitative estimate of drug-likeness (QED) is 0.612. The summed E-state index contributed by atoms with van der Waals surface area (Å²) in [5.41, 5.74) is 4.39. The molecule has 134 valence electrons. The van der Waals surface area contributed by atoms with Crippen molar-refractivity contribution in [1.29, 1.82) is 0 Å². The number of hydrogen-bond acceptors (Lipinski definition) is 6. The van der Waals surface area contributed by atoms with Crippen molar-refractivity contribution in [2.24, 2.45) is 5.10 Å². The van der Waals surface area contributed by atoms with Gasteiger partial charge in [0.25, 0.3) is 5.91 Å². The number of nitrogens with zero attached hydrogens (tertiary/aromatic N) is 2. The third-order valence-electron chi connectivity index (χ3n) is 4.80. The van der Waals surface area contributed by atoms with Crippen molar-refractivity contribution in [3.8, 4) is 0 Å². The maximum Gasteiger partial charge on any atom is 0.328 e. The Morgan fingerprint density at radius 2 is 2.12 bits per heavy atom. The number of benzene rings is 1. The molecule has 1 aromatic rings. The Morgan fingerprint density at radius 1 is 1.35 bits per heavy atom. The first-order valence-electron chi connectivity index (χ1n) is 8.47. The molecule has 4 rings (SSSR count). The van der Waals surface area contributed by atoms with E-state index in [1.165, 1.54) is 35.2 Å². The maximum absolute atomic E-state index is 11.9. The van der Waals surface area contributed by atoms with Crippen LogP contribution in [0.5, 0.6) is 0 Å². The van der Waals surface area contributed by atoms with Crippen LogP contribution in [-0.4, -0.2) is 38.1 Å². The summed E-state index contributed by atoms with van der Waals surface area (Å²) in [6.45, 7) is 0. The molecule has 2 aliphatic heterocycles. The minimum atomic E-state index is -0.968. The van der Waals surface area contributed by atoms with Crippen LogP contribution in [0.3, 0.4) is 0 Å². The smallest absolute Gasteiger partial charge is 0.328 e. The third-order valence-corrected chi connectivity index (χ3v) is 5.95. The van der Waals surface area contributed by atoms with E-state index in [-0.39, 0.29) is 5.91 Å².